The highest BCUT2D eigenvalue weighted by Crippen LogP contribution is 2.12. The highest BCUT2D eigenvalue weighted by Gasteiger charge is 2.09. The third kappa shape index (κ3) is 6.12. The third-order valence-corrected chi connectivity index (χ3v) is 3.86. The van der Waals surface area contributed by atoms with Crippen LogP contribution in [0.4, 0.5) is 4.79 Å². The summed E-state index contributed by atoms with van der Waals surface area (Å²) >= 11 is 0. The SMILES string of the molecule is COc1ccc(CN(C)C(=O)NCc2cccc(CN(C)C)c2)cc1. The summed E-state index contributed by atoms with van der Waals surface area (Å²) in [5.41, 5.74) is 3.40. The predicted molar refractivity (Wildman–Crippen MR) is 101 cm³/mol. The number of benzene rings is 2. The first kappa shape index (κ1) is 18.8. The average Bonchev–Trinajstić information content (AvgIpc) is 2.60. The van der Waals surface area contributed by atoms with E-state index in [0.717, 1.165) is 23.4 Å². The van der Waals surface area contributed by atoms with E-state index in [1.54, 1.807) is 19.1 Å². The quantitative estimate of drug-likeness (QED) is 0.842. The molecule has 0 aliphatic carbocycles. The van der Waals surface area contributed by atoms with Gasteiger partial charge in [-0.1, -0.05) is 36.4 Å². The predicted octanol–water partition coefficient (Wildman–Crippen LogP) is 3.10. The van der Waals surface area contributed by atoms with E-state index in [2.05, 4.69) is 22.3 Å². The van der Waals surface area contributed by atoms with Crippen molar-refractivity contribution in [3.63, 3.8) is 0 Å². The Morgan fingerprint density at radius 2 is 1.64 bits per heavy atom. The van der Waals surface area contributed by atoms with Crippen LogP contribution in [0.15, 0.2) is 48.5 Å². The van der Waals surface area contributed by atoms with E-state index < -0.39 is 0 Å². The van der Waals surface area contributed by atoms with Gasteiger partial charge in [0.15, 0.2) is 0 Å². The fourth-order valence-corrected chi connectivity index (χ4v) is 2.59. The molecule has 2 amide bonds. The van der Waals surface area contributed by atoms with E-state index >= 15 is 0 Å². The van der Waals surface area contributed by atoms with Crippen LogP contribution in [0.3, 0.4) is 0 Å². The Morgan fingerprint density at radius 1 is 0.960 bits per heavy atom. The molecule has 0 heterocycles. The molecule has 1 N–H and O–H groups in total. The van der Waals surface area contributed by atoms with E-state index in [1.165, 1.54) is 5.56 Å². The lowest BCUT2D eigenvalue weighted by Gasteiger charge is -2.18. The van der Waals surface area contributed by atoms with Gasteiger partial charge in [-0.25, -0.2) is 4.79 Å². The Balaban J connectivity index is 1.86. The molecule has 0 spiro atoms. The zero-order valence-corrected chi connectivity index (χ0v) is 15.5. The van der Waals surface area contributed by atoms with Crippen LogP contribution in [0.2, 0.25) is 0 Å². The Kier molecular flexibility index (Phi) is 6.83. The third-order valence-electron chi connectivity index (χ3n) is 3.86. The molecule has 0 aliphatic rings. The number of rotatable bonds is 7. The van der Waals surface area contributed by atoms with Gasteiger partial charge in [-0.05, 0) is 42.9 Å². The minimum absolute atomic E-state index is 0.0890. The van der Waals surface area contributed by atoms with Crippen LogP contribution in [0.5, 0.6) is 5.75 Å². The van der Waals surface area contributed by atoms with Crippen molar-refractivity contribution in [2.45, 2.75) is 19.6 Å². The Morgan fingerprint density at radius 3 is 2.28 bits per heavy atom. The lowest BCUT2D eigenvalue weighted by atomic mass is 10.1. The molecule has 5 heteroatoms. The molecule has 0 fully saturated rings. The minimum atomic E-state index is -0.0890. The molecule has 134 valence electrons. The van der Waals surface area contributed by atoms with Crippen molar-refractivity contribution in [1.29, 1.82) is 0 Å². The van der Waals surface area contributed by atoms with E-state index in [-0.39, 0.29) is 6.03 Å². The highest BCUT2D eigenvalue weighted by molar-refractivity contribution is 5.73. The van der Waals surface area contributed by atoms with Crippen LogP contribution in [0, 0.1) is 0 Å². The lowest BCUT2D eigenvalue weighted by Crippen LogP contribution is -2.36. The fourth-order valence-electron chi connectivity index (χ4n) is 2.59. The smallest absolute Gasteiger partial charge is 0.317 e. The van der Waals surface area contributed by atoms with Gasteiger partial charge >= 0.3 is 6.03 Å². The van der Waals surface area contributed by atoms with Crippen LogP contribution < -0.4 is 10.1 Å². The van der Waals surface area contributed by atoms with Gasteiger partial charge in [0.1, 0.15) is 5.75 Å². The summed E-state index contributed by atoms with van der Waals surface area (Å²) in [5.74, 6) is 0.813. The van der Waals surface area contributed by atoms with Crippen molar-refractivity contribution in [1.82, 2.24) is 15.1 Å². The van der Waals surface area contributed by atoms with E-state index in [1.807, 2.05) is 50.5 Å². The number of hydrogen-bond donors (Lipinski definition) is 1. The van der Waals surface area contributed by atoms with Gasteiger partial charge in [-0.3, -0.25) is 0 Å². The van der Waals surface area contributed by atoms with Crippen LogP contribution in [0.25, 0.3) is 0 Å². The average molecular weight is 341 g/mol. The molecule has 25 heavy (non-hydrogen) atoms. The fraction of sp³-hybridized carbons (Fsp3) is 0.350. The number of ether oxygens (including phenoxy) is 1. The molecule has 2 aromatic carbocycles. The lowest BCUT2D eigenvalue weighted by molar-refractivity contribution is 0.206. The van der Waals surface area contributed by atoms with Crippen LogP contribution in [-0.2, 0) is 19.6 Å². The minimum Gasteiger partial charge on any atom is -0.497 e. The van der Waals surface area contributed by atoms with Gasteiger partial charge in [-0.2, -0.15) is 0 Å². The maximum Gasteiger partial charge on any atom is 0.317 e. The molecule has 0 aliphatic heterocycles. The Hall–Kier alpha value is -2.53. The van der Waals surface area contributed by atoms with Gasteiger partial charge < -0.3 is 19.9 Å². The summed E-state index contributed by atoms with van der Waals surface area (Å²) in [6, 6.07) is 15.9. The molecule has 2 aromatic rings. The zero-order chi connectivity index (χ0) is 18.2. The number of methoxy groups -OCH3 is 1. The van der Waals surface area contributed by atoms with Gasteiger partial charge in [0.25, 0.3) is 0 Å². The number of amides is 2. The van der Waals surface area contributed by atoms with Crippen LogP contribution >= 0.6 is 0 Å². The van der Waals surface area contributed by atoms with Crippen molar-refractivity contribution in [2.75, 3.05) is 28.3 Å². The number of hydrogen-bond acceptors (Lipinski definition) is 3. The van der Waals surface area contributed by atoms with Gasteiger partial charge in [0.2, 0.25) is 0 Å². The molecule has 0 aromatic heterocycles. The summed E-state index contributed by atoms with van der Waals surface area (Å²) in [7, 11) is 7.52. The summed E-state index contributed by atoms with van der Waals surface area (Å²) in [6.45, 7) is 1.96. The molecule has 0 unspecified atom stereocenters. The normalized spacial score (nSPS) is 10.6. The first-order valence-corrected chi connectivity index (χ1v) is 8.32. The second-order valence-corrected chi connectivity index (χ2v) is 6.42. The summed E-state index contributed by atoms with van der Waals surface area (Å²) < 4.78 is 5.15. The second-order valence-electron chi connectivity index (χ2n) is 6.42. The van der Waals surface area contributed by atoms with Gasteiger partial charge in [0.05, 0.1) is 7.11 Å². The standard InChI is InChI=1S/C20H27N3O2/c1-22(2)14-18-7-5-6-17(12-18)13-21-20(24)23(3)15-16-8-10-19(25-4)11-9-16/h5-12H,13-15H2,1-4H3,(H,21,24). The molecule has 2 rings (SSSR count). The number of carbonyl (C=O) groups is 1. The first-order valence-electron chi connectivity index (χ1n) is 8.32. The molecule has 0 bridgehead atoms. The van der Waals surface area contributed by atoms with Gasteiger partial charge in [0, 0.05) is 26.7 Å². The van der Waals surface area contributed by atoms with E-state index in [0.29, 0.717) is 13.1 Å². The monoisotopic (exact) mass is 341 g/mol. The summed E-state index contributed by atoms with van der Waals surface area (Å²) in [4.78, 5) is 16.1. The molecule has 0 radical (unpaired) electrons. The van der Waals surface area contributed by atoms with E-state index in [9.17, 15) is 4.79 Å². The largest absolute Gasteiger partial charge is 0.497 e. The van der Waals surface area contributed by atoms with Crippen molar-refractivity contribution < 1.29 is 9.53 Å². The van der Waals surface area contributed by atoms with Crippen molar-refractivity contribution in [2.24, 2.45) is 0 Å². The number of nitrogens with one attached hydrogen (secondary N) is 1. The Bertz CT molecular complexity index is 684. The molecule has 0 atom stereocenters. The van der Waals surface area contributed by atoms with Crippen molar-refractivity contribution in [3.05, 3.63) is 65.2 Å². The van der Waals surface area contributed by atoms with Crippen LogP contribution in [0.1, 0.15) is 16.7 Å². The maximum atomic E-state index is 12.3. The van der Waals surface area contributed by atoms with Crippen molar-refractivity contribution >= 4 is 6.03 Å². The number of nitrogens with zero attached hydrogens (tertiary/aromatic N) is 2. The van der Waals surface area contributed by atoms with Crippen molar-refractivity contribution in [3.8, 4) is 5.75 Å². The first-order chi connectivity index (χ1) is 12.0. The molecule has 0 saturated carbocycles. The number of urea groups is 1. The maximum absolute atomic E-state index is 12.3. The second kappa shape index (κ2) is 9.08. The summed E-state index contributed by atoms with van der Waals surface area (Å²) in [5, 5.41) is 2.97. The summed E-state index contributed by atoms with van der Waals surface area (Å²) in [6.07, 6.45) is 0. The molecular formula is C20H27N3O2. The Labute approximate surface area is 150 Å². The van der Waals surface area contributed by atoms with E-state index in [4.69, 9.17) is 4.74 Å². The molecule has 5 nitrogen and oxygen atoms in total. The topological polar surface area (TPSA) is 44.8 Å². The number of carbonyl (C=O) groups excluding carboxylic acids is 1. The molecular weight excluding hydrogens is 314 g/mol. The molecule has 0 saturated heterocycles. The van der Waals surface area contributed by atoms with Crippen LogP contribution in [-0.4, -0.2) is 44.1 Å². The zero-order valence-electron chi connectivity index (χ0n) is 15.5. The van der Waals surface area contributed by atoms with Gasteiger partial charge in [-0.15, -0.1) is 0 Å². The highest BCUT2D eigenvalue weighted by atomic mass is 16.5.